The van der Waals surface area contributed by atoms with Gasteiger partial charge in [0.1, 0.15) is 0 Å². The first kappa shape index (κ1) is 13.6. The zero-order valence-electron chi connectivity index (χ0n) is 11.9. The molecule has 0 aromatic heterocycles. The molecule has 2 aliphatic rings. The van der Waals surface area contributed by atoms with E-state index in [0.717, 1.165) is 6.54 Å². The third-order valence-corrected chi connectivity index (χ3v) is 5.52. The Labute approximate surface area is 124 Å². The van der Waals surface area contributed by atoms with Gasteiger partial charge in [-0.1, -0.05) is 28.1 Å². The Balaban J connectivity index is 1.85. The van der Waals surface area contributed by atoms with Gasteiger partial charge in [-0.05, 0) is 69.4 Å². The van der Waals surface area contributed by atoms with Gasteiger partial charge < -0.3 is 10.2 Å². The van der Waals surface area contributed by atoms with Crippen molar-refractivity contribution < 1.29 is 0 Å². The standard InChI is InChI=1S/C16H23BrN2/c1-16(7-3-8-18-16)13-4-5-14(15(17)10-13)12-6-9-19(2)11-12/h4-5,10,12,18H,3,6-9,11H2,1-2H3. The molecule has 0 amide bonds. The van der Waals surface area contributed by atoms with Gasteiger partial charge in [-0.3, -0.25) is 0 Å². The quantitative estimate of drug-likeness (QED) is 0.897. The predicted octanol–water partition coefficient (Wildman–Crippen LogP) is 3.47. The summed E-state index contributed by atoms with van der Waals surface area (Å²) in [7, 11) is 2.21. The molecule has 0 saturated carbocycles. The molecule has 2 nitrogen and oxygen atoms in total. The Bertz CT molecular complexity index is 466. The van der Waals surface area contributed by atoms with E-state index >= 15 is 0 Å². The first-order chi connectivity index (χ1) is 9.08. The van der Waals surface area contributed by atoms with Crippen LogP contribution in [-0.4, -0.2) is 31.6 Å². The number of hydrogen-bond donors (Lipinski definition) is 1. The Morgan fingerprint density at radius 3 is 2.84 bits per heavy atom. The lowest BCUT2D eigenvalue weighted by Crippen LogP contribution is -2.33. The fourth-order valence-electron chi connectivity index (χ4n) is 3.53. The van der Waals surface area contributed by atoms with E-state index in [0.29, 0.717) is 5.92 Å². The molecular weight excluding hydrogens is 300 g/mol. The van der Waals surface area contributed by atoms with Crippen LogP contribution in [0.25, 0.3) is 0 Å². The molecule has 2 fully saturated rings. The highest BCUT2D eigenvalue weighted by Gasteiger charge is 2.31. The summed E-state index contributed by atoms with van der Waals surface area (Å²) in [4.78, 5) is 2.42. The van der Waals surface area contributed by atoms with Crippen molar-refractivity contribution in [1.29, 1.82) is 0 Å². The second kappa shape index (κ2) is 5.19. The van der Waals surface area contributed by atoms with Crippen LogP contribution in [0.1, 0.15) is 43.2 Å². The van der Waals surface area contributed by atoms with Crippen molar-refractivity contribution in [1.82, 2.24) is 10.2 Å². The maximum Gasteiger partial charge on any atom is 0.0406 e. The van der Waals surface area contributed by atoms with Crippen molar-refractivity contribution in [3.8, 4) is 0 Å². The SMILES string of the molecule is CN1CCC(c2ccc(C3(C)CCCN3)cc2Br)C1. The van der Waals surface area contributed by atoms with Crippen molar-refractivity contribution in [2.75, 3.05) is 26.7 Å². The molecule has 2 heterocycles. The van der Waals surface area contributed by atoms with Gasteiger partial charge >= 0.3 is 0 Å². The predicted molar refractivity (Wildman–Crippen MR) is 83.6 cm³/mol. The van der Waals surface area contributed by atoms with Gasteiger partial charge in [0.15, 0.2) is 0 Å². The summed E-state index contributed by atoms with van der Waals surface area (Å²) in [5.74, 6) is 0.692. The second-order valence-electron chi connectivity index (χ2n) is 6.35. The van der Waals surface area contributed by atoms with Crippen LogP contribution in [0.15, 0.2) is 22.7 Å². The smallest absolute Gasteiger partial charge is 0.0406 e. The molecule has 0 bridgehead atoms. The van der Waals surface area contributed by atoms with E-state index in [1.165, 1.54) is 48.0 Å². The van der Waals surface area contributed by atoms with Crippen LogP contribution in [0.4, 0.5) is 0 Å². The molecule has 1 aromatic carbocycles. The molecule has 1 N–H and O–H groups in total. The van der Waals surface area contributed by atoms with E-state index in [1.54, 1.807) is 0 Å². The van der Waals surface area contributed by atoms with Gasteiger partial charge in [0.2, 0.25) is 0 Å². The van der Waals surface area contributed by atoms with Crippen LogP contribution in [0, 0.1) is 0 Å². The zero-order chi connectivity index (χ0) is 13.5. The number of halogens is 1. The number of rotatable bonds is 2. The topological polar surface area (TPSA) is 15.3 Å². The largest absolute Gasteiger partial charge is 0.308 e. The molecule has 104 valence electrons. The van der Waals surface area contributed by atoms with Crippen LogP contribution >= 0.6 is 15.9 Å². The lowest BCUT2D eigenvalue weighted by Gasteiger charge is -2.26. The van der Waals surface area contributed by atoms with E-state index in [4.69, 9.17) is 0 Å². The Morgan fingerprint density at radius 2 is 2.26 bits per heavy atom. The van der Waals surface area contributed by atoms with Gasteiger partial charge in [0.05, 0.1) is 0 Å². The summed E-state index contributed by atoms with van der Waals surface area (Å²) >= 11 is 3.80. The average molecular weight is 323 g/mol. The highest BCUT2D eigenvalue weighted by molar-refractivity contribution is 9.10. The summed E-state index contributed by atoms with van der Waals surface area (Å²) in [6.45, 7) is 5.87. The summed E-state index contributed by atoms with van der Waals surface area (Å²) in [6.07, 6.45) is 3.80. The zero-order valence-corrected chi connectivity index (χ0v) is 13.5. The van der Waals surface area contributed by atoms with Crippen molar-refractivity contribution in [2.24, 2.45) is 0 Å². The highest BCUT2D eigenvalue weighted by Crippen LogP contribution is 2.36. The minimum atomic E-state index is 0.174. The average Bonchev–Trinajstić information content (AvgIpc) is 2.99. The normalized spacial score (nSPS) is 32.1. The Kier molecular flexibility index (Phi) is 3.71. The number of benzene rings is 1. The van der Waals surface area contributed by atoms with Gasteiger partial charge in [0.25, 0.3) is 0 Å². The lowest BCUT2D eigenvalue weighted by atomic mass is 9.88. The number of likely N-dealkylation sites (tertiary alicyclic amines) is 1. The number of hydrogen-bond acceptors (Lipinski definition) is 2. The maximum absolute atomic E-state index is 3.80. The van der Waals surface area contributed by atoms with Crippen molar-refractivity contribution in [2.45, 2.75) is 37.6 Å². The molecular formula is C16H23BrN2. The molecule has 2 aliphatic heterocycles. The molecule has 0 spiro atoms. The van der Waals surface area contributed by atoms with E-state index in [2.05, 4.69) is 58.3 Å². The van der Waals surface area contributed by atoms with E-state index in [9.17, 15) is 0 Å². The fourth-order valence-corrected chi connectivity index (χ4v) is 4.23. The van der Waals surface area contributed by atoms with E-state index < -0.39 is 0 Å². The molecule has 0 radical (unpaired) electrons. The number of likely N-dealkylation sites (N-methyl/N-ethyl adjacent to an activating group) is 1. The summed E-state index contributed by atoms with van der Waals surface area (Å²) in [6, 6.07) is 7.01. The van der Waals surface area contributed by atoms with E-state index in [-0.39, 0.29) is 5.54 Å². The fraction of sp³-hybridized carbons (Fsp3) is 0.625. The monoisotopic (exact) mass is 322 g/mol. The summed E-state index contributed by atoms with van der Waals surface area (Å²) in [5.41, 5.74) is 3.08. The number of nitrogens with zero attached hydrogens (tertiary/aromatic N) is 1. The molecule has 2 atom stereocenters. The van der Waals surface area contributed by atoms with Crippen LogP contribution in [0.2, 0.25) is 0 Å². The molecule has 0 aliphatic carbocycles. The summed E-state index contributed by atoms with van der Waals surface area (Å²) in [5, 5.41) is 3.64. The maximum atomic E-state index is 3.80. The molecule has 19 heavy (non-hydrogen) atoms. The van der Waals surface area contributed by atoms with E-state index in [1.807, 2.05) is 0 Å². The Hall–Kier alpha value is -0.380. The first-order valence-corrected chi connectivity index (χ1v) is 8.11. The molecule has 2 saturated heterocycles. The Morgan fingerprint density at radius 1 is 1.42 bits per heavy atom. The van der Waals surface area contributed by atoms with Crippen LogP contribution in [-0.2, 0) is 5.54 Å². The minimum absolute atomic E-state index is 0.174. The first-order valence-electron chi connectivity index (χ1n) is 7.32. The van der Waals surface area contributed by atoms with Gasteiger partial charge in [-0.25, -0.2) is 0 Å². The van der Waals surface area contributed by atoms with Gasteiger partial charge in [-0.2, -0.15) is 0 Å². The highest BCUT2D eigenvalue weighted by atomic mass is 79.9. The van der Waals surface area contributed by atoms with Crippen molar-refractivity contribution >= 4 is 15.9 Å². The number of nitrogens with one attached hydrogen (secondary N) is 1. The van der Waals surface area contributed by atoms with Gasteiger partial charge in [0, 0.05) is 16.6 Å². The molecule has 1 aromatic rings. The van der Waals surface area contributed by atoms with Crippen LogP contribution in [0.5, 0.6) is 0 Å². The third kappa shape index (κ3) is 2.61. The second-order valence-corrected chi connectivity index (χ2v) is 7.20. The van der Waals surface area contributed by atoms with Crippen LogP contribution in [0.3, 0.4) is 0 Å². The molecule has 2 unspecified atom stereocenters. The summed E-state index contributed by atoms with van der Waals surface area (Å²) < 4.78 is 1.29. The van der Waals surface area contributed by atoms with Crippen LogP contribution < -0.4 is 5.32 Å². The van der Waals surface area contributed by atoms with Crippen molar-refractivity contribution in [3.05, 3.63) is 33.8 Å². The molecule has 3 rings (SSSR count). The van der Waals surface area contributed by atoms with Gasteiger partial charge in [-0.15, -0.1) is 0 Å². The third-order valence-electron chi connectivity index (χ3n) is 4.84. The van der Waals surface area contributed by atoms with Crippen molar-refractivity contribution in [3.63, 3.8) is 0 Å². The minimum Gasteiger partial charge on any atom is -0.308 e. The molecule has 3 heteroatoms. The lowest BCUT2D eigenvalue weighted by molar-refractivity contribution is 0.411.